The van der Waals surface area contributed by atoms with Crippen molar-refractivity contribution in [1.29, 1.82) is 0 Å². The molecule has 184 valence electrons. The SMILES string of the molecule is CC(C)CNC(=O)c1ccc2c(=O)n(C[C@@H]3CCCO3)c(SCc3cccc([N+](=O)[O-])c3)nc2c1. The molecular formula is C25H28N4O5S. The second-order valence-electron chi connectivity index (χ2n) is 9.00. The average Bonchev–Trinajstić information content (AvgIpc) is 3.36. The minimum Gasteiger partial charge on any atom is -0.376 e. The number of non-ortho nitro benzene ring substituents is 1. The Morgan fingerprint density at radius 3 is 2.86 bits per heavy atom. The lowest BCUT2D eigenvalue weighted by Crippen LogP contribution is -2.29. The summed E-state index contributed by atoms with van der Waals surface area (Å²) in [4.78, 5) is 41.5. The van der Waals surface area contributed by atoms with Crippen LogP contribution in [-0.2, 0) is 17.0 Å². The molecular weight excluding hydrogens is 468 g/mol. The summed E-state index contributed by atoms with van der Waals surface area (Å²) >= 11 is 1.33. The van der Waals surface area contributed by atoms with Crippen LogP contribution >= 0.6 is 11.8 Å². The number of hydrogen-bond donors (Lipinski definition) is 1. The van der Waals surface area contributed by atoms with E-state index in [1.807, 2.05) is 13.8 Å². The van der Waals surface area contributed by atoms with Crippen molar-refractivity contribution in [3.05, 3.63) is 74.1 Å². The molecule has 1 amide bonds. The third-order valence-corrected chi connectivity index (χ3v) is 6.80. The third-order valence-electron chi connectivity index (χ3n) is 5.75. The van der Waals surface area contributed by atoms with Crippen LogP contribution in [0.3, 0.4) is 0 Å². The van der Waals surface area contributed by atoms with E-state index in [0.717, 1.165) is 18.4 Å². The fourth-order valence-corrected chi connectivity index (χ4v) is 4.86. The molecule has 2 aromatic carbocycles. The average molecular weight is 497 g/mol. The van der Waals surface area contributed by atoms with Gasteiger partial charge in [-0.1, -0.05) is 37.7 Å². The van der Waals surface area contributed by atoms with Crippen molar-refractivity contribution in [1.82, 2.24) is 14.9 Å². The summed E-state index contributed by atoms with van der Waals surface area (Å²) < 4.78 is 7.38. The first-order valence-electron chi connectivity index (χ1n) is 11.6. The maximum atomic E-state index is 13.5. The maximum Gasteiger partial charge on any atom is 0.269 e. The number of amides is 1. The normalized spacial score (nSPS) is 15.6. The highest BCUT2D eigenvalue weighted by Gasteiger charge is 2.21. The van der Waals surface area contributed by atoms with Crippen LogP contribution in [0.15, 0.2) is 52.4 Å². The molecule has 4 rings (SSSR count). The zero-order valence-electron chi connectivity index (χ0n) is 19.7. The second kappa shape index (κ2) is 11.0. The Bertz CT molecular complexity index is 1300. The van der Waals surface area contributed by atoms with Gasteiger partial charge in [-0.25, -0.2) is 4.98 Å². The number of fused-ring (bicyclic) bond motifs is 1. The Morgan fingerprint density at radius 1 is 1.31 bits per heavy atom. The Labute approximate surface area is 207 Å². The molecule has 1 aliphatic rings. The first-order valence-corrected chi connectivity index (χ1v) is 12.6. The van der Waals surface area contributed by atoms with Crippen LogP contribution in [-0.4, -0.2) is 39.6 Å². The minimum absolute atomic E-state index is 0.0170. The van der Waals surface area contributed by atoms with Crippen LogP contribution in [0.25, 0.3) is 10.9 Å². The molecule has 0 spiro atoms. The molecule has 1 saturated heterocycles. The first-order chi connectivity index (χ1) is 16.8. The van der Waals surface area contributed by atoms with Gasteiger partial charge in [0, 0.05) is 36.6 Å². The molecule has 1 aliphatic heterocycles. The Kier molecular flexibility index (Phi) is 7.82. The molecule has 3 aromatic rings. The van der Waals surface area contributed by atoms with Gasteiger partial charge in [-0.05, 0) is 42.5 Å². The van der Waals surface area contributed by atoms with Gasteiger partial charge in [-0.3, -0.25) is 24.3 Å². The zero-order chi connectivity index (χ0) is 24.9. The molecule has 1 N–H and O–H groups in total. The summed E-state index contributed by atoms with van der Waals surface area (Å²) in [6.45, 7) is 5.64. The smallest absolute Gasteiger partial charge is 0.269 e. The zero-order valence-corrected chi connectivity index (χ0v) is 20.5. The monoisotopic (exact) mass is 496 g/mol. The van der Waals surface area contributed by atoms with Crippen LogP contribution in [0.1, 0.15) is 42.6 Å². The molecule has 1 atom stereocenters. The van der Waals surface area contributed by atoms with Crippen molar-refractivity contribution in [3.63, 3.8) is 0 Å². The van der Waals surface area contributed by atoms with Gasteiger partial charge >= 0.3 is 0 Å². The lowest BCUT2D eigenvalue weighted by molar-refractivity contribution is -0.384. The Balaban J connectivity index is 1.68. The summed E-state index contributed by atoms with van der Waals surface area (Å²) in [7, 11) is 0. The summed E-state index contributed by atoms with van der Waals surface area (Å²) in [6.07, 6.45) is 1.75. The number of nitrogens with zero attached hydrogens (tertiary/aromatic N) is 3. The van der Waals surface area contributed by atoms with Crippen LogP contribution in [0.2, 0.25) is 0 Å². The Morgan fingerprint density at radius 2 is 2.14 bits per heavy atom. The molecule has 0 unspecified atom stereocenters. The highest BCUT2D eigenvalue weighted by atomic mass is 32.2. The van der Waals surface area contributed by atoms with E-state index in [1.54, 1.807) is 34.9 Å². The van der Waals surface area contributed by atoms with Crippen molar-refractivity contribution < 1.29 is 14.5 Å². The first kappa shape index (κ1) is 24.9. The largest absolute Gasteiger partial charge is 0.376 e. The minimum atomic E-state index is -0.429. The molecule has 0 saturated carbocycles. The maximum absolute atomic E-state index is 13.5. The fraction of sp³-hybridized carbons (Fsp3) is 0.400. The number of carbonyl (C=O) groups excluding carboxylic acids is 1. The van der Waals surface area contributed by atoms with Crippen molar-refractivity contribution >= 4 is 34.3 Å². The van der Waals surface area contributed by atoms with E-state index in [2.05, 4.69) is 5.32 Å². The summed E-state index contributed by atoms with van der Waals surface area (Å²) in [6, 6.07) is 11.4. The molecule has 1 aromatic heterocycles. The van der Waals surface area contributed by atoms with Crippen LogP contribution in [0.4, 0.5) is 5.69 Å². The van der Waals surface area contributed by atoms with E-state index in [-0.39, 0.29) is 23.3 Å². The number of ether oxygens (including phenoxy) is 1. The standard InChI is InChI=1S/C25H28N4O5S/c1-16(2)13-26-23(30)18-8-9-21-22(12-18)27-25(28(24(21)31)14-20-7-4-10-34-20)35-15-17-5-3-6-19(11-17)29(32)33/h3,5-6,8-9,11-12,16,20H,4,7,10,13-15H2,1-2H3,(H,26,30)/t20-/m0/s1. The molecule has 0 aliphatic carbocycles. The quantitative estimate of drug-likeness (QED) is 0.205. The molecule has 10 heteroatoms. The van der Waals surface area contributed by atoms with Crippen LogP contribution in [0, 0.1) is 16.0 Å². The molecule has 0 radical (unpaired) electrons. The highest BCUT2D eigenvalue weighted by molar-refractivity contribution is 7.98. The summed E-state index contributed by atoms with van der Waals surface area (Å²) in [5.41, 5.74) is 1.46. The van der Waals surface area contributed by atoms with Gasteiger partial charge in [0.1, 0.15) is 0 Å². The molecule has 35 heavy (non-hydrogen) atoms. The molecule has 0 bridgehead atoms. The molecule has 2 heterocycles. The number of aromatic nitrogens is 2. The van der Waals surface area contributed by atoms with Crippen molar-refractivity contribution in [2.24, 2.45) is 5.92 Å². The number of rotatable bonds is 9. The number of benzene rings is 2. The van der Waals surface area contributed by atoms with Gasteiger partial charge < -0.3 is 10.1 Å². The van der Waals surface area contributed by atoms with Crippen LogP contribution < -0.4 is 10.9 Å². The molecule has 9 nitrogen and oxygen atoms in total. The summed E-state index contributed by atoms with van der Waals surface area (Å²) in [5.74, 6) is 0.510. The predicted molar refractivity (Wildman–Crippen MR) is 135 cm³/mol. The van der Waals surface area contributed by atoms with Crippen LogP contribution in [0.5, 0.6) is 0 Å². The number of nitrogens with one attached hydrogen (secondary N) is 1. The molecule has 1 fully saturated rings. The van der Waals surface area contributed by atoms with E-state index in [9.17, 15) is 19.7 Å². The van der Waals surface area contributed by atoms with E-state index in [4.69, 9.17) is 9.72 Å². The summed E-state index contributed by atoms with van der Waals surface area (Å²) in [5, 5.41) is 14.9. The number of thioether (sulfide) groups is 1. The van der Waals surface area contributed by atoms with Crippen molar-refractivity contribution in [2.75, 3.05) is 13.2 Å². The predicted octanol–water partition coefficient (Wildman–Crippen LogP) is 4.16. The second-order valence-corrected chi connectivity index (χ2v) is 9.94. The number of hydrogen-bond acceptors (Lipinski definition) is 7. The Hall–Kier alpha value is -3.24. The highest BCUT2D eigenvalue weighted by Crippen LogP contribution is 2.26. The van der Waals surface area contributed by atoms with E-state index in [1.165, 1.54) is 23.9 Å². The third kappa shape index (κ3) is 6.07. The van der Waals surface area contributed by atoms with Gasteiger partial charge in [0.15, 0.2) is 5.16 Å². The topological polar surface area (TPSA) is 116 Å². The van der Waals surface area contributed by atoms with Gasteiger partial charge in [0.25, 0.3) is 17.2 Å². The number of carbonyl (C=O) groups is 1. The lowest BCUT2D eigenvalue weighted by atomic mass is 10.1. The van der Waals surface area contributed by atoms with Crippen molar-refractivity contribution in [2.45, 2.75) is 50.2 Å². The van der Waals surface area contributed by atoms with Crippen molar-refractivity contribution in [3.8, 4) is 0 Å². The van der Waals surface area contributed by atoms with Gasteiger partial charge in [0.2, 0.25) is 0 Å². The van der Waals surface area contributed by atoms with Gasteiger partial charge in [-0.15, -0.1) is 0 Å². The van der Waals surface area contributed by atoms with E-state index in [0.29, 0.717) is 53.0 Å². The van der Waals surface area contributed by atoms with Gasteiger partial charge in [-0.2, -0.15) is 0 Å². The van der Waals surface area contributed by atoms with E-state index >= 15 is 0 Å². The number of nitro benzene ring substituents is 1. The van der Waals surface area contributed by atoms with Gasteiger partial charge in [0.05, 0.1) is 28.5 Å². The number of nitro groups is 1. The fourth-order valence-electron chi connectivity index (χ4n) is 3.91. The van der Waals surface area contributed by atoms with E-state index < -0.39 is 4.92 Å². The lowest BCUT2D eigenvalue weighted by Gasteiger charge is -2.17.